The highest BCUT2D eigenvalue weighted by molar-refractivity contribution is 7.89. The molecule has 0 bridgehead atoms. The first-order valence-electron chi connectivity index (χ1n) is 6.80. The Morgan fingerprint density at radius 2 is 2.05 bits per heavy atom. The lowest BCUT2D eigenvalue weighted by molar-refractivity contribution is 0.263. The number of sulfonamides is 1. The molecule has 0 amide bonds. The van der Waals surface area contributed by atoms with E-state index in [1.54, 1.807) is 0 Å². The summed E-state index contributed by atoms with van der Waals surface area (Å²) in [7, 11) is -3.57. The Labute approximate surface area is 127 Å². The summed E-state index contributed by atoms with van der Waals surface area (Å²) in [6.07, 6.45) is 2.83. The van der Waals surface area contributed by atoms with Gasteiger partial charge in [0.25, 0.3) is 0 Å². The average molecular weight is 309 g/mol. The second-order valence-electron chi connectivity index (χ2n) is 6.03. The van der Waals surface area contributed by atoms with E-state index in [4.69, 9.17) is 5.73 Å². The molecule has 6 heteroatoms. The monoisotopic (exact) mass is 309 g/mol. The molecule has 0 aliphatic heterocycles. The summed E-state index contributed by atoms with van der Waals surface area (Å²) in [6, 6.07) is 1.50. The third kappa shape index (κ3) is 5.46. The summed E-state index contributed by atoms with van der Waals surface area (Å²) >= 11 is 0. The van der Waals surface area contributed by atoms with E-state index in [2.05, 4.69) is 42.3 Å². The highest BCUT2D eigenvalue weighted by atomic mass is 32.2. The van der Waals surface area contributed by atoms with Gasteiger partial charge in [-0.25, -0.2) is 13.1 Å². The topological polar surface area (TPSA) is 85.1 Å². The Balaban J connectivity index is 2.88. The van der Waals surface area contributed by atoms with E-state index >= 15 is 0 Å². The number of rotatable bonds is 4. The third-order valence-corrected chi connectivity index (χ3v) is 4.81. The number of pyridine rings is 1. The molecule has 0 spiro atoms. The number of nitrogens with zero attached hydrogens (tertiary/aromatic N) is 1. The van der Waals surface area contributed by atoms with Crippen molar-refractivity contribution in [3.63, 3.8) is 0 Å². The van der Waals surface area contributed by atoms with Crippen LogP contribution in [0.3, 0.4) is 0 Å². The van der Waals surface area contributed by atoms with Crippen molar-refractivity contribution in [1.29, 1.82) is 0 Å². The van der Waals surface area contributed by atoms with Crippen molar-refractivity contribution in [2.75, 3.05) is 13.1 Å². The number of nitrogens with one attached hydrogen (secondary N) is 1. The van der Waals surface area contributed by atoms with Gasteiger partial charge in [-0.1, -0.05) is 39.5 Å². The van der Waals surface area contributed by atoms with Crippen molar-refractivity contribution in [2.45, 2.75) is 32.6 Å². The van der Waals surface area contributed by atoms with E-state index in [9.17, 15) is 8.42 Å². The van der Waals surface area contributed by atoms with Crippen LogP contribution in [0.1, 0.15) is 33.3 Å². The zero-order chi connectivity index (χ0) is 16.1. The summed E-state index contributed by atoms with van der Waals surface area (Å²) in [4.78, 5) is 4.04. The fourth-order valence-electron chi connectivity index (χ4n) is 1.41. The molecular weight excluding hydrogens is 286 g/mol. The largest absolute Gasteiger partial charge is 0.320 e. The first-order chi connectivity index (χ1) is 9.66. The van der Waals surface area contributed by atoms with Crippen molar-refractivity contribution in [3.05, 3.63) is 24.0 Å². The lowest BCUT2D eigenvalue weighted by Crippen LogP contribution is -2.33. The number of hydrogen-bond donors (Lipinski definition) is 2. The highest BCUT2D eigenvalue weighted by Crippen LogP contribution is 2.24. The molecule has 116 valence electrons. The zero-order valence-corrected chi connectivity index (χ0v) is 13.8. The van der Waals surface area contributed by atoms with Crippen LogP contribution in [0.4, 0.5) is 0 Å². The molecule has 0 aromatic carbocycles. The van der Waals surface area contributed by atoms with E-state index in [1.165, 1.54) is 18.5 Å². The van der Waals surface area contributed by atoms with Crippen molar-refractivity contribution >= 4 is 10.0 Å². The van der Waals surface area contributed by atoms with E-state index < -0.39 is 10.0 Å². The van der Waals surface area contributed by atoms with Gasteiger partial charge in [-0.3, -0.25) is 4.98 Å². The number of aromatic nitrogens is 1. The molecule has 0 fully saturated rings. The maximum Gasteiger partial charge on any atom is 0.242 e. The average Bonchev–Trinajstić information content (AvgIpc) is 2.42. The molecule has 0 saturated carbocycles. The van der Waals surface area contributed by atoms with Crippen molar-refractivity contribution in [1.82, 2.24) is 9.71 Å². The molecule has 3 N–H and O–H groups in total. The van der Waals surface area contributed by atoms with Crippen LogP contribution in [-0.2, 0) is 10.0 Å². The van der Waals surface area contributed by atoms with Crippen LogP contribution in [0.15, 0.2) is 23.4 Å². The lowest BCUT2D eigenvalue weighted by atomic mass is 9.82. The summed E-state index contributed by atoms with van der Waals surface area (Å²) in [6.45, 7) is 8.86. The second-order valence-corrected chi connectivity index (χ2v) is 7.80. The van der Waals surface area contributed by atoms with Crippen LogP contribution in [0.5, 0.6) is 0 Å². The Morgan fingerprint density at radius 1 is 1.38 bits per heavy atom. The molecule has 5 nitrogen and oxygen atoms in total. The van der Waals surface area contributed by atoms with Crippen molar-refractivity contribution in [2.24, 2.45) is 17.1 Å². The summed E-state index contributed by atoms with van der Waals surface area (Å²) < 4.78 is 27.2. The van der Waals surface area contributed by atoms with Crippen LogP contribution >= 0.6 is 0 Å². The summed E-state index contributed by atoms with van der Waals surface area (Å²) in [5, 5.41) is 0. The Kier molecular flexibility index (Phi) is 5.90. The molecule has 1 heterocycles. The third-order valence-electron chi connectivity index (χ3n) is 3.42. The Bertz CT molecular complexity index is 637. The summed E-state index contributed by atoms with van der Waals surface area (Å²) in [5.41, 5.74) is 5.87. The van der Waals surface area contributed by atoms with E-state index in [1.807, 2.05) is 6.92 Å². The molecule has 1 rings (SSSR count). The minimum atomic E-state index is -3.57. The molecule has 21 heavy (non-hydrogen) atoms. The molecule has 1 atom stereocenters. The van der Waals surface area contributed by atoms with E-state index in [-0.39, 0.29) is 22.8 Å². The van der Waals surface area contributed by atoms with Crippen LogP contribution in [0.25, 0.3) is 0 Å². The first-order valence-corrected chi connectivity index (χ1v) is 8.29. The molecule has 0 aliphatic carbocycles. The maximum absolute atomic E-state index is 12.3. The number of hydrogen-bond acceptors (Lipinski definition) is 4. The van der Waals surface area contributed by atoms with Gasteiger partial charge in [0.2, 0.25) is 10.0 Å². The molecule has 0 aliphatic rings. The minimum absolute atomic E-state index is 0.0369. The minimum Gasteiger partial charge on any atom is -0.320 e. The zero-order valence-electron chi connectivity index (χ0n) is 13.0. The quantitative estimate of drug-likeness (QED) is 0.822. The van der Waals surface area contributed by atoms with Crippen molar-refractivity contribution < 1.29 is 8.42 Å². The van der Waals surface area contributed by atoms with Gasteiger partial charge in [-0.2, -0.15) is 0 Å². The standard InChI is InChI=1S/C15H23N3O2S/c1-12(15(2,3)4)9-18-21(19,20)14-8-13(6-5-7-16)10-17-11-14/h8,10-12,18H,7,9,16H2,1-4H3. The predicted octanol–water partition coefficient (Wildman–Crippen LogP) is 1.35. The Hall–Kier alpha value is -1.42. The first kappa shape index (κ1) is 17.6. The lowest BCUT2D eigenvalue weighted by Gasteiger charge is -2.27. The van der Waals surface area contributed by atoms with Crippen LogP contribution in [0.2, 0.25) is 0 Å². The van der Waals surface area contributed by atoms with Gasteiger partial charge in [-0.15, -0.1) is 0 Å². The van der Waals surface area contributed by atoms with Crippen molar-refractivity contribution in [3.8, 4) is 11.8 Å². The van der Waals surface area contributed by atoms with Gasteiger partial charge in [0.1, 0.15) is 4.90 Å². The fourth-order valence-corrected chi connectivity index (χ4v) is 2.53. The molecule has 1 aromatic heterocycles. The van der Waals surface area contributed by atoms with Crippen LogP contribution < -0.4 is 10.5 Å². The normalized spacial score (nSPS) is 13.4. The molecule has 1 aromatic rings. The molecule has 1 unspecified atom stereocenters. The van der Waals surface area contributed by atoms with E-state index in [0.717, 1.165) is 0 Å². The van der Waals surface area contributed by atoms with Gasteiger partial charge in [0.05, 0.1) is 6.54 Å². The van der Waals surface area contributed by atoms with Gasteiger partial charge >= 0.3 is 0 Å². The SMILES string of the molecule is CC(CNS(=O)(=O)c1cncc(C#CCN)c1)C(C)(C)C. The van der Waals surface area contributed by atoms with Crippen LogP contribution in [-0.4, -0.2) is 26.5 Å². The van der Waals surface area contributed by atoms with Gasteiger partial charge in [0.15, 0.2) is 0 Å². The summed E-state index contributed by atoms with van der Waals surface area (Å²) in [5.74, 6) is 5.66. The van der Waals surface area contributed by atoms with Gasteiger partial charge in [-0.05, 0) is 17.4 Å². The van der Waals surface area contributed by atoms with Gasteiger partial charge < -0.3 is 5.73 Å². The second kappa shape index (κ2) is 7.03. The highest BCUT2D eigenvalue weighted by Gasteiger charge is 2.23. The Morgan fingerprint density at radius 3 is 2.62 bits per heavy atom. The fraction of sp³-hybridized carbons (Fsp3) is 0.533. The maximum atomic E-state index is 12.3. The predicted molar refractivity (Wildman–Crippen MR) is 84.0 cm³/mol. The van der Waals surface area contributed by atoms with Crippen LogP contribution in [0, 0.1) is 23.2 Å². The smallest absolute Gasteiger partial charge is 0.242 e. The van der Waals surface area contributed by atoms with Gasteiger partial charge in [0, 0.05) is 24.5 Å². The number of nitrogens with two attached hydrogens (primary N) is 1. The van der Waals surface area contributed by atoms with E-state index in [0.29, 0.717) is 12.1 Å². The molecular formula is C15H23N3O2S. The molecule has 0 saturated heterocycles. The molecule has 0 radical (unpaired) electrons.